The fourth-order valence-corrected chi connectivity index (χ4v) is 2.70. The van der Waals surface area contributed by atoms with Crippen molar-refractivity contribution in [3.05, 3.63) is 71.1 Å². The van der Waals surface area contributed by atoms with E-state index in [1.807, 2.05) is 24.3 Å². The molecule has 27 heavy (non-hydrogen) atoms. The van der Waals surface area contributed by atoms with Gasteiger partial charge in [-0.25, -0.2) is 0 Å². The van der Waals surface area contributed by atoms with Gasteiger partial charge in [0.2, 0.25) is 11.8 Å². The Kier molecular flexibility index (Phi) is 5.55. The molecule has 0 atom stereocenters. The molecular weight excluding hydrogens is 355 g/mol. The van der Waals surface area contributed by atoms with E-state index in [1.165, 1.54) is 12.1 Å². The van der Waals surface area contributed by atoms with Gasteiger partial charge < -0.3 is 4.42 Å². The molecule has 1 heterocycles. The summed E-state index contributed by atoms with van der Waals surface area (Å²) in [7, 11) is 0. The minimum absolute atomic E-state index is 0.365. The number of rotatable bonds is 6. The second-order valence-electron chi connectivity index (χ2n) is 6.04. The van der Waals surface area contributed by atoms with Crippen LogP contribution in [0.25, 0.3) is 11.5 Å². The first-order valence-corrected chi connectivity index (χ1v) is 8.41. The zero-order valence-electron chi connectivity index (χ0n) is 14.3. The highest BCUT2D eigenvalue weighted by Gasteiger charge is 2.29. The molecule has 0 saturated carbocycles. The molecule has 0 N–H and O–H groups in total. The zero-order valence-corrected chi connectivity index (χ0v) is 14.3. The average molecular weight is 371 g/mol. The molecule has 0 aliphatic rings. The van der Waals surface area contributed by atoms with E-state index in [4.69, 9.17) is 9.68 Å². The van der Waals surface area contributed by atoms with Crippen molar-refractivity contribution in [3.63, 3.8) is 0 Å². The number of aryl methyl sites for hydroxylation is 1. The van der Waals surface area contributed by atoms with E-state index >= 15 is 0 Å². The van der Waals surface area contributed by atoms with E-state index in [2.05, 4.69) is 16.3 Å². The number of hydrogen-bond donors (Lipinski definition) is 0. The molecule has 0 spiro atoms. The van der Waals surface area contributed by atoms with Crippen molar-refractivity contribution < 1.29 is 17.6 Å². The van der Waals surface area contributed by atoms with Gasteiger partial charge >= 0.3 is 6.18 Å². The summed E-state index contributed by atoms with van der Waals surface area (Å²) in [6.45, 7) is 0. The smallest absolute Gasteiger partial charge is 0.416 e. The van der Waals surface area contributed by atoms with E-state index in [0.29, 0.717) is 37.5 Å². The van der Waals surface area contributed by atoms with Crippen molar-refractivity contribution in [2.75, 3.05) is 0 Å². The van der Waals surface area contributed by atoms with E-state index < -0.39 is 11.7 Å². The van der Waals surface area contributed by atoms with Gasteiger partial charge in [0, 0.05) is 18.4 Å². The average Bonchev–Trinajstić information content (AvgIpc) is 3.11. The summed E-state index contributed by atoms with van der Waals surface area (Å²) < 4.78 is 43.8. The predicted molar refractivity (Wildman–Crippen MR) is 92.5 cm³/mol. The first-order valence-electron chi connectivity index (χ1n) is 8.41. The molecule has 3 rings (SSSR count). The molecule has 2 aromatic carbocycles. The summed E-state index contributed by atoms with van der Waals surface area (Å²) in [6, 6.07) is 14.6. The Morgan fingerprint density at radius 2 is 1.74 bits per heavy atom. The maximum atomic E-state index is 12.7. The third-order valence-corrected chi connectivity index (χ3v) is 4.07. The van der Waals surface area contributed by atoms with Crippen molar-refractivity contribution in [1.82, 2.24) is 10.2 Å². The fraction of sp³-hybridized carbons (Fsp3) is 0.250. The minimum Gasteiger partial charge on any atom is -0.421 e. The number of hydrogen-bond acceptors (Lipinski definition) is 4. The van der Waals surface area contributed by atoms with Crippen LogP contribution >= 0.6 is 0 Å². The van der Waals surface area contributed by atoms with Crippen LogP contribution in [0.3, 0.4) is 0 Å². The van der Waals surface area contributed by atoms with Crippen molar-refractivity contribution >= 4 is 0 Å². The molecule has 0 radical (unpaired) electrons. The topological polar surface area (TPSA) is 62.7 Å². The van der Waals surface area contributed by atoms with Crippen molar-refractivity contribution in [2.45, 2.75) is 31.9 Å². The van der Waals surface area contributed by atoms with E-state index in [-0.39, 0.29) is 0 Å². The van der Waals surface area contributed by atoms with Crippen molar-refractivity contribution in [3.8, 4) is 17.5 Å². The summed E-state index contributed by atoms with van der Waals surface area (Å²) in [6.07, 6.45) is -2.31. The highest BCUT2D eigenvalue weighted by molar-refractivity contribution is 5.59. The summed E-state index contributed by atoms with van der Waals surface area (Å²) in [5, 5.41) is 16.7. The van der Waals surface area contributed by atoms with Gasteiger partial charge in [-0.1, -0.05) is 30.3 Å². The highest BCUT2D eigenvalue weighted by Crippen LogP contribution is 2.30. The van der Waals surface area contributed by atoms with Crippen LogP contribution < -0.4 is 0 Å². The molecule has 7 heteroatoms. The lowest BCUT2D eigenvalue weighted by Gasteiger charge is -2.09. The largest absolute Gasteiger partial charge is 0.421 e. The lowest BCUT2D eigenvalue weighted by atomic mass is 9.99. The van der Waals surface area contributed by atoms with Crippen LogP contribution in [0.1, 0.15) is 35.4 Å². The van der Waals surface area contributed by atoms with Gasteiger partial charge in [-0.05, 0) is 42.2 Å². The van der Waals surface area contributed by atoms with Gasteiger partial charge in [-0.3, -0.25) is 0 Å². The second kappa shape index (κ2) is 8.04. The Morgan fingerprint density at radius 3 is 2.44 bits per heavy atom. The standard InChI is InChI=1S/C20H16F3N3O/c21-20(22,23)16-10-8-14(9-11-16)13-15-5-1-2-6-17(15)19-26-25-18(27-19)7-3-4-12-24/h1-2,5-6,8-11H,3-4,7,13H2. The number of nitriles is 1. The number of aromatic nitrogens is 2. The van der Waals surface area contributed by atoms with Crippen LogP contribution in [-0.2, 0) is 19.0 Å². The molecule has 0 unspecified atom stereocenters. The van der Waals surface area contributed by atoms with Gasteiger partial charge in [0.05, 0.1) is 11.6 Å². The quantitative estimate of drug-likeness (QED) is 0.559. The van der Waals surface area contributed by atoms with E-state index in [9.17, 15) is 13.2 Å². The molecule has 138 valence electrons. The van der Waals surface area contributed by atoms with E-state index in [1.54, 1.807) is 0 Å². The molecule has 1 aromatic heterocycles. The van der Waals surface area contributed by atoms with Crippen LogP contribution in [0, 0.1) is 11.3 Å². The third-order valence-electron chi connectivity index (χ3n) is 4.07. The van der Waals surface area contributed by atoms with Gasteiger partial charge in [-0.15, -0.1) is 10.2 Å². The molecular formula is C20H16F3N3O. The Balaban J connectivity index is 1.79. The molecule has 0 aliphatic carbocycles. The maximum Gasteiger partial charge on any atom is 0.416 e. The van der Waals surface area contributed by atoms with E-state index in [0.717, 1.165) is 28.8 Å². The number of halogens is 3. The van der Waals surface area contributed by atoms with Gasteiger partial charge in [0.15, 0.2) is 0 Å². The summed E-state index contributed by atoms with van der Waals surface area (Å²) >= 11 is 0. The van der Waals surface area contributed by atoms with Crippen LogP contribution in [0.2, 0.25) is 0 Å². The zero-order chi connectivity index (χ0) is 19.3. The minimum atomic E-state index is -4.35. The normalized spacial score (nSPS) is 11.3. The SMILES string of the molecule is N#CCCCc1nnc(-c2ccccc2Cc2ccc(C(F)(F)F)cc2)o1. The lowest BCUT2D eigenvalue weighted by molar-refractivity contribution is -0.137. The van der Waals surface area contributed by atoms with Crippen molar-refractivity contribution in [2.24, 2.45) is 0 Å². The Bertz CT molecular complexity index is 940. The highest BCUT2D eigenvalue weighted by atomic mass is 19.4. The maximum absolute atomic E-state index is 12.7. The Morgan fingerprint density at radius 1 is 1.00 bits per heavy atom. The molecule has 0 saturated heterocycles. The predicted octanol–water partition coefficient (Wildman–Crippen LogP) is 5.19. The molecule has 0 fully saturated rings. The molecule has 4 nitrogen and oxygen atoms in total. The summed E-state index contributed by atoms with van der Waals surface area (Å²) in [4.78, 5) is 0. The Labute approximate surface area is 154 Å². The first kappa shape index (κ1) is 18.6. The fourth-order valence-electron chi connectivity index (χ4n) is 2.70. The second-order valence-corrected chi connectivity index (χ2v) is 6.04. The van der Waals surface area contributed by atoms with Gasteiger partial charge in [0.1, 0.15) is 0 Å². The van der Waals surface area contributed by atoms with Gasteiger partial charge in [-0.2, -0.15) is 18.4 Å². The first-order chi connectivity index (χ1) is 13.0. The number of nitrogens with zero attached hydrogens (tertiary/aromatic N) is 3. The Hall–Kier alpha value is -3.14. The van der Waals surface area contributed by atoms with Crippen LogP contribution in [-0.4, -0.2) is 10.2 Å². The summed E-state index contributed by atoms with van der Waals surface area (Å²) in [5.41, 5.74) is 1.71. The number of unbranched alkanes of at least 4 members (excludes halogenated alkanes) is 1. The van der Waals surface area contributed by atoms with Crippen LogP contribution in [0.15, 0.2) is 52.9 Å². The number of alkyl halides is 3. The van der Waals surface area contributed by atoms with Gasteiger partial charge in [0.25, 0.3) is 0 Å². The van der Waals surface area contributed by atoms with Crippen LogP contribution in [0.4, 0.5) is 13.2 Å². The van der Waals surface area contributed by atoms with Crippen LogP contribution in [0.5, 0.6) is 0 Å². The summed E-state index contributed by atoms with van der Waals surface area (Å²) in [5.74, 6) is 0.828. The molecule has 0 aliphatic heterocycles. The van der Waals surface area contributed by atoms with Crippen molar-refractivity contribution in [1.29, 1.82) is 5.26 Å². The number of benzene rings is 2. The monoisotopic (exact) mass is 371 g/mol. The lowest BCUT2D eigenvalue weighted by Crippen LogP contribution is -2.04. The molecule has 0 bridgehead atoms. The molecule has 0 amide bonds. The third kappa shape index (κ3) is 4.73. The molecule has 3 aromatic rings.